The highest BCUT2D eigenvalue weighted by atomic mass is 16.5. The number of hydrogen-bond donors (Lipinski definition) is 2. The van der Waals surface area contributed by atoms with E-state index in [0.717, 1.165) is 11.3 Å². The van der Waals surface area contributed by atoms with Gasteiger partial charge in [-0.3, -0.25) is 14.4 Å². The lowest BCUT2D eigenvalue weighted by Crippen LogP contribution is -2.54. The molecule has 7 nitrogen and oxygen atoms in total. The van der Waals surface area contributed by atoms with Gasteiger partial charge >= 0.3 is 11.9 Å². The van der Waals surface area contributed by atoms with Gasteiger partial charge in [0, 0.05) is 12.6 Å². The SMILES string of the molecule is CC[C@H](C)N(Cc1ccc(Oc2ccccc2)cc1)C(=O)C1CC(C(=O)O)C1C(=O)O. The number of benzene rings is 2. The molecular weight excluding hydrogens is 398 g/mol. The van der Waals surface area contributed by atoms with E-state index in [-0.39, 0.29) is 18.4 Å². The predicted molar refractivity (Wildman–Crippen MR) is 114 cm³/mol. The zero-order chi connectivity index (χ0) is 22.5. The quantitative estimate of drug-likeness (QED) is 0.629. The van der Waals surface area contributed by atoms with E-state index in [0.29, 0.717) is 18.7 Å². The largest absolute Gasteiger partial charge is 0.481 e. The van der Waals surface area contributed by atoms with E-state index in [2.05, 4.69) is 0 Å². The number of nitrogens with zero attached hydrogens (tertiary/aromatic N) is 1. The normalized spacial score (nSPS) is 20.9. The number of carbonyl (C=O) groups excluding carboxylic acids is 1. The van der Waals surface area contributed by atoms with E-state index in [1.54, 1.807) is 4.90 Å². The lowest BCUT2D eigenvalue weighted by Gasteiger charge is -2.42. The van der Waals surface area contributed by atoms with Crippen molar-refractivity contribution < 1.29 is 29.3 Å². The third kappa shape index (κ3) is 5.05. The summed E-state index contributed by atoms with van der Waals surface area (Å²) in [6.07, 6.45) is 0.760. The molecule has 2 aromatic carbocycles. The molecule has 1 saturated carbocycles. The summed E-state index contributed by atoms with van der Waals surface area (Å²) >= 11 is 0. The first kappa shape index (κ1) is 22.3. The molecule has 7 heteroatoms. The molecule has 0 bridgehead atoms. The standard InChI is InChI=1S/C24H27NO6/c1-3-15(2)25(22(26)19-13-20(23(27)28)21(19)24(29)30)14-16-9-11-18(12-10-16)31-17-7-5-4-6-8-17/h4-12,15,19-21H,3,13-14H2,1-2H3,(H,27,28)(H,29,30)/t15-,19?,20?,21?/m0/s1. The van der Waals surface area contributed by atoms with Crippen LogP contribution >= 0.6 is 0 Å². The van der Waals surface area contributed by atoms with Crippen LogP contribution in [0.25, 0.3) is 0 Å². The van der Waals surface area contributed by atoms with E-state index in [1.807, 2.05) is 68.4 Å². The maximum Gasteiger partial charge on any atom is 0.308 e. The molecule has 1 aliphatic carbocycles. The van der Waals surface area contributed by atoms with Crippen LogP contribution in [0.4, 0.5) is 0 Å². The summed E-state index contributed by atoms with van der Waals surface area (Å²) < 4.78 is 5.79. The number of para-hydroxylation sites is 1. The van der Waals surface area contributed by atoms with Crippen molar-refractivity contribution in [1.82, 2.24) is 4.90 Å². The number of carboxylic acid groups (broad SMARTS) is 2. The summed E-state index contributed by atoms with van der Waals surface area (Å²) in [5, 5.41) is 18.7. The number of ether oxygens (including phenoxy) is 1. The molecule has 0 aliphatic heterocycles. The highest BCUT2D eigenvalue weighted by Gasteiger charge is 2.54. The van der Waals surface area contributed by atoms with Crippen LogP contribution in [0.3, 0.4) is 0 Å². The Morgan fingerprint density at radius 1 is 0.968 bits per heavy atom. The zero-order valence-electron chi connectivity index (χ0n) is 17.6. The van der Waals surface area contributed by atoms with Gasteiger partial charge in [-0.1, -0.05) is 37.3 Å². The summed E-state index contributed by atoms with van der Waals surface area (Å²) in [6.45, 7) is 4.19. The van der Waals surface area contributed by atoms with Crippen LogP contribution in [0.15, 0.2) is 54.6 Å². The molecule has 3 rings (SSSR count). The second kappa shape index (κ2) is 9.64. The minimum absolute atomic E-state index is 0.0575. The first-order chi connectivity index (χ1) is 14.8. The van der Waals surface area contributed by atoms with Crippen molar-refractivity contribution in [2.45, 2.75) is 39.3 Å². The van der Waals surface area contributed by atoms with Gasteiger partial charge in [-0.25, -0.2) is 0 Å². The Morgan fingerprint density at radius 3 is 2.13 bits per heavy atom. The van der Waals surface area contributed by atoms with Crippen LogP contribution in [-0.2, 0) is 20.9 Å². The van der Waals surface area contributed by atoms with Gasteiger partial charge in [-0.15, -0.1) is 0 Å². The summed E-state index contributed by atoms with van der Waals surface area (Å²) in [6, 6.07) is 16.7. The Bertz CT molecular complexity index is 927. The molecule has 0 spiro atoms. The van der Waals surface area contributed by atoms with Gasteiger partial charge in [0.15, 0.2) is 0 Å². The second-order valence-corrected chi connectivity index (χ2v) is 7.93. The number of carboxylic acids is 2. The molecular formula is C24H27NO6. The van der Waals surface area contributed by atoms with Crippen molar-refractivity contribution >= 4 is 17.8 Å². The van der Waals surface area contributed by atoms with E-state index in [1.165, 1.54) is 0 Å². The molecule has 1 aliphatic rings. The lowest BCUT2D eigenvalue weighted by atomic mass is 9.64. The fourth-order valence-corrected chi connectivity index (χ4v) is 3.87. The fourth-order valence-electron chi connectivity index (χ4n) is 3.87. The average Bonchev–Trinajstić information content (AvgIpc) is 2.72. The molecule has 0 heterocycles. The van der Waals surface area contributed by atoms with E-state index >= 15 is 0 Å². The molecule has 0 saturated heterocycles. The van der Waals surface area contributed by atoms with Crippen LogP contribution in [-0.4, -0.2) is 39.0 Å². The molecule has 2 N–H and O–H groups in total. The average molecular weight is 425 g/mol. The van der Waals surface area contributed by atoms with Crippen LogP contribution in [0.2, 0.25) is 0 Å². The van der Waals surface area contributed by atoms with Crippen molar-refractivity contribution in [2.75, 3.05) is 0 Å². The summed E-state index contributed by atoms with van der Waals surface area (Å²) in [4.78, 5) is 37.7. The Kier molecular flexibility index (Phi) is 6.95. The third-order valence-corrected chi connectivity index (χ3v) is 5.96. The zero-order valence-corrected chi connectivity index (χ0v) is 17.6. The van der Waals surface area contributed by atoms with Gasteiger partial charge in [0.2, 0.25) is 5.91 Å². The maximum absolute atomic E-state index is 13.2. The van der Waals surface area contributed by atoms with Gasteiger partial charge in [0.05, 0.1) is 17.8 Å². The molecule has 164 valence electrons. The van der Waals surface area contributed by atoms with Crippen molar-refractivity contribution in [3.8, 4) is 11.5 Å². The summed E-state index contributed by atoms with van der Waals surface area (Å²) in [5.74, 6) is -4.31. The van der Waals surface area contributed by atoms with E-state index in [9.17, 15) is 24.6 Å². The Labute approximate surface area is 181 Å². The van der Waals surface area contributed by atoms with E-state index in [4.69, 9.17) is 4.74 Å². The molecule has 31 heavy (non-hydrogen) atoms. The first-order valence-electron chi connectivity index (χ1n) is 10.4. The highest BCUT2D eigenvalue weighted by molar-refractivity contribution is 5.91. The number of carbonyl (C=O) groups is 3. The molecule has 3 unspecified atom stereocenters. The van der Waals surface area contributed by atoms with Gasteiger partial charge < -0.3 is 19.8 Å². The minimum atomic E-state index is -1.23. The predicted octanol–water partition coefficient (Wildman–Crippen LogP) is 4.03. The summed E-state index contributed by atoms with van der Waals surface area (Å²) in [5.41, 5.74) is 0.884. The minimum Gasteiger partial charge on any atom is -0.481 e. The van der Waals surface area contributed by atoms with Gasteiger partial charge in [-0.05, 0) is 49.6 Å². The van der Waals surface area contributed by atoms with Gasteiger partial charge in [0.1, 0.15) is 11.5 Å². The third-order valence-electron chi connectivity index (χ3n) is 5.96. The van der Waals surface area contributed by atoms with Crippen molar-refractivity contribution in [2.24, 2.45) is 17.8 Å². The number of amides is 1. The molecule has 1 fully saturated rings. The molecule has 0 radical (unpaired) electrons. The smallest absolute Gasteiger partial charge is 0.308 e. The first-order valence-corrected chi connectivity index (χ1v) is 10.4. The molecule has 0 aromatic heterocycles. The Morgan fingerprint density at radius 2 is 1.58 bits per heavy atom. The van der Waals surface area contributed by atoms with Gasteiger partial charge in [0.25, 0.3) is 0 Å². The molecule has 4 atom stereocenters. The van der Waals surface area contributed by atoms with Crippen molar-refractivity contribution in [3.05, 3.63) is 60.2 Å². The van der Waals surface area contributed by atoms with Crippen LogP contribution in [0.1, 0.15) is 32.3 Å². The highest BCUT2D eigenvalue weighted by Crippen LogP contribution is 2.42. The number of aliphatic carboxylic acids is 2. The Hall–Kier alpha value is -3.35. The summed E-state index contributed by atoms with van der Waals surface area (Å²) in [7, 11) is 0. The van der Waals surface area contributed by atoms with Crippen molar-refractivity contribution in [1.29, 1.82) is 0 Å². The van der Waals surface area contributed by atoms with Crippen LogP contribution in [0.5, 0.6) is 11.5 Å². The van der Waals surface area contributed by atoms with E-state index < -0.39 is 29.7 Å². The van der Waals surface area contributed by atoms with Crippen molar-refractivity contribution in [3.63, 3.8) is 0 Å². The number of hydrogen-bond acceptors (Lipinski definition) is 4. The van der Waals surface area contributed by atoms with Gasteiger partial charge in [-0.2, -0.15) is 0 Å². The molecule has 2 aromatic rings. The number of rotatable bonds is 9. The monoisotopic (exact) mass is 425 g/mol. The maximum atomic E-state index is 13.2. The fraction of sp³-hybridized carbons (Fsp3) is 0.375. The topological polar surface area (TPSA) is 104 Å². The molecule has 1 amide bonds. The second-order valence-electron chi connectivity index (χ2n) is 7.93. The van der Waals surface area contributed by atoms with Crippen LogP contribution in [0, 0.1) is 17.8 Å². The lowest BCUT2D eigenvalue weighted by molar-refractivity contribution is -0.172. The Balaban J connectivity index is 1.72. The van der Waals surface area contributed by atoms with Crippen LogP contribution < -0.4 is 4.74 Å².